The van der Waals surface area contributed by atoms with Crippen molar-refractivity contribution in [1.29, 1.82) is 0 Å². The number of anilines is 1. The molecule has 1 heterocycles. The average Bonchev–Trinajstić information content (AvgIpc) is 3.19. The van der Waals surface area contributed by atoms with Gasteiger partial charge in [0.2, 0.25) is 0 Å². The number of halogens is 2. The standard InChI is InChI=1S/C15H20BrFN2/c1-15(11-3-4-11)10-19(8-2-7-18-15)14-9-12(16)5-6-13(14)17/h5-6,9,11,18H,2-4,7-8,10H2,1H3. The van der Waals surface area contributed by atoms with Crippen molar-refractivity contribution in [2.75, 3.05) is 24.5 Å². The quantitative estimate of drug-likeness (QED) is 0.894. The molecule has 104 valence electrons. The predicted molar refractivity (Wildman–Crippen MR) is 80.1 cm³/mol. The van der Waals surface area contributed by atoms with E-state index in [1.807, 2.05) is 6.07 Å². The maximum absolute atomic E-state index is 14.1. The molecule has 0 spiro atoms. The molecule has 2 aliphatic rings. The fourth-order valence-electron chi connectivity index (χ4n) is 3.10. The van der Waals surface area contributed by atoms with Gasteiger partial charge in [-0.05, 0) is 56.8 Å². The van der Waals surface area contributed by atoms with E-state index in [1.54, 1.807) is 12.1 Å². The largest absolute Gasteiger partial charge is 0.367 e. The van der Waals surface area contributed by atoms with E-state index in [9.17, 15) is 4.39 Å². The van der Waals surface area contributed by atoms with Gasteiger partial charge in [0.25, 0.3) is 0 Å². The predicted octanol–water partition coefficient (Wildman–Crippen LogP) is 3.56. The zero-order valence-corrected chi connectivity index (χ0v) is 12.8. The number of nitrogens with zero attached hydrogens (tertiary/aromatic N) is 1. The van der Waals surface area contributed by atoms with Crippen LogP contribution in [0.2, 0.25) is 0 Å². The topological polar surface area (TPSA) is 15.3 Å². The van der Waals surface area contributed by atoms with Crippen LogP contribution in [0, 0.1) is 11.7 Å². The van der Waals surface area contributed by atoms with Crippen molar-refractivity contribution in [3.8, 4) is 0 Å². The highest BCUT2D eigenvalue weighted by Gasteiger charge is 2.43. The fourth-order valence-corrected chi connectivity index (χ4v) is 3.45. The monoisotopic (exact) mass is 326 g/mol. The maximum Gasteiger partial charge on any atom is 0.146 e. The smallest absolute Gasteiger partial charge is 0.146 e. The molecule has 0 bridgehead atoms. The van der Waals surface area contributed by atoms with Crippen LogP contribution in [-0.4, -0.2) is 25.2 Å². The van der Waals surface area contributed by atoms with E-state index < -0.39 is 0 Å². The number of rotatable bonds is 2. The number of nitrogens with one attached hydrogen (secondary N) is 1. The molecule has 1 atom stereocenters. The van der Waals surface area contributed by atoms with Gasteiger partial charge in [0.15, 0.2) is 0 Å². The summed E-state index contributed by atoms with van der Waals surface area (Å²) in [6, 6.07) is 5.20. The maximum atomic E-state index is 14.1. The van der Waals surface area contributed by atoms with Gasteiger partial charge in [-0.15, -0.1) is 0 Å². The van der Waals surface area contributed by atoms with Gasteiger partial charge in [-0.3, -0.25) is 0 Å². The zero-order chi connectivity index (χ0) is 13.5. The van der Waals surface area contributed by atoms with Crippen LogP contribution >= 0.6 is 15.9 Å². The van der Waals surface area contributed by atoms with Crippen molar-refractivity contribution in [3.63, 3.8) is 0 Å². The summed E-state index contributed by atoms with van der Waals surface area (Å²) in [5.74, 6) is 0.631. The van der Waals surface area contributed by atoms with Gasteiger partial charge in [-0.1, -0.05) is 15.9 Å². The molecule has 0 aromatic heterocycles. The minimum Gasteiger partial charge on any atom is -0.367 e. The Morgan fingerprint density at radius 3 is 2.95 bits per heavy atom. The fraction of sp³-hybridized carbons (Fsp3) is 0.600. The molecule has 1 aliphatic carbocycles. The molecule has 4 heteroatoms. The Hall–Kier alpha value is -0.610. The molecule has 2 nitrogen and oxygen atoms in total. The summed E-state index contributed by atoms with van der Waals surface area (Å²) in [5, 5.41) is 3.68. The molecule has 1 saturated heterocycles. The Morgan fingerprint density at radius 2 is 2.21 bits per heavy atom. The van der Waals surface area contributed by atoms with Crippen molar-refractivity contribution in [1.82, 2.24) is 5.32 Å². The Balaban J connectivity index is 1.88. The van der Waals surface area contributed by atoms with Crippen LogP contribution in [0.5, 0.6) is 0 Å². The Morgan fingerprint density at radius 1 is 1.42 bits per heavy atom. The lowest BCUT2D eigenvalue weighted by Crippen LogP contribution is -2.51. The minimum atomic E-state index is -0.122. The summed E-state index contributed by atoms with van der Waals surface area (Å²) in [7, 11) is 0. The van der Waals surface area contributed by atoms with Crippen LogP contribution in [0.1, 0.15) is 26.2 Å². The van der Waals surface area contributed by atoms with Crippen molar-refractivity contribution < 1.29 is 4.39 Å². The Kier molecular flexibility index (Phi) is 3.56. The van der Waals surface area contributed by atoms with Crippen LogP contribution < -0.4 is 10.2 Å². The van der Waals surface area contributed by atoms with Gasteiger partial charge in [0.1, 0.15) is 5.82 Å². The van der Waals surface area contributed by atoms with Gasteiger partial charge >= 0.3 is 0 Å². The first-order valence-corrected chi connectivity index (χ1v) is 7.83. The Bertz CT molecular complexity index is 475. The summed E-state index contributed by atoms with van der Waals surface area (Å²) in [5.41, 5.74) is 0.857. The molecule has 0 radical (unpaired) electrons. The first-order valence-electron chi connectivity index (χ1n) is 7.03. The van der Waals surface area contributed by atoms with Gasteiger partial charge in [0, 0.05) is 23.1 Å². The van der Waals surface area contributed by atoms with E-state index in [0.29, 0.717) is 0 Å². The molecule has 2 fully saturated rings. The SMILES string of the molecule is CC1(C2CC2)CN(c2cc(Br)ccc2F)CCCN1. The molecule has 1 unspecified atom stereocenters. The highest BCUT2D eigenvalue weighted by Crippen LogP contribution is 2.41. The molecular weight excluding hydrogens is 307 g/mol. The molecule has 1 saturated carbocycles. The van der Waals surface area contributed by atoms with Gasteiger partial charge < -0.3 is 10.2 Å². The van der Waals surface area contributed by atoms with Gasteiger partial charge in [0.05, 0.1) is 5.69 Å². The summed E-state index contributed by atoms with van der Waals surface area (Å²) in [4.78, 5) is 2.21. The summed E-state index contributed by atoms with van der Waals surface area (Å²) in [6.45, 7) is 5.13. The number of hydrogen-bond acceptors (Lipinski definition) is 2. The van der Waals surface area contributed by atoms with E-state index in [2.05, 4.69) is 33.1 Å². The van der Waals surface area contributed by atoms with Crippen molar-refractivity contribution in [2.45, 2.75) is 31.7 Å². The summed E-state index contributed by atoms with van der Waals surface area (Å²) < 4.78 is 15.0. The third-order valence-corrected chi connectivity index (χ3v) is 4.87. The highest BCUT2D eigenvalue weighted by molar-refractivity contribution is 9.10. The molecular formula is C15H20BrFN2. The van der Waals surface area contributed by atoms with E-state index in [4.69, 9.17) is 0 Å². The second kappa shape index (κ2) is 5.06. The van der Waals surface area contributed by atoms with Crippen molar-refractivity contribution in [2.24, 2.45) is 5.92 Å². The molecule has 1 aromatic carbocycles. The van der Waals surface area contributed by atoms with Crippen LogP contribution in [0.3, 0.4) is 0 Å². The first kappa shape index (κ1) is 13.4. The molecule has 19 heavy (non-hydrogen) atoms. The van der Waals surface area contributed by atoms with Crippen molar-refractivity contribution in [3.05, 3.63) is 28.5 Å². The van der Waals surface area contributed by atoms with E-state index in [-0.39, 0.29) is 11.4 Å². The number of benzene rings is 1. The van der Waals surface area contributed by atoms with Crippen LogP contribution in [0.15, 0.2) is 22.7 Å². The lowest BCUT2D eigenvalue weighted by atomic mass is 9.95. The van der Waals surface area contributed by atoms with E-state index >= 15 is 0 Å². The second-order valence-corrected chi connectivity index (χ2v) is 6.91. The molecule has 1 N–H and O–H groups in total. The molecule has 3 rings (SSSR count). The zero-order valence-electron chi connectivity index (χ0n) is 11.3. The first-order chi connectivity index (χ1) is 9.08. The van der Waals surface area contributed by atoms with E-state index in [0.717, 1.165) is 42.1 Å². The Labute approximate surface area is 122 Å². The minimum absolute atomic E-state index is 0.122. The summed E-state index contributed by atoms with van der Waals surface area (Å²) in [6.07, 6.45) is 3.67. The molecule has 1 aliphatic heterocycles. The number of hydrogen-bond donors (Lipinski definition) is 1. The lowest BCUT2D eigenvalue weighted by Gasteiger charge is -2.35. The van der Waals surface area contributed by atoms with Crippen LogP contribution in [0.4, 0.5) is 10.1 Å². The van der Waals surface area contributed by atoms with Crippen molar-refractivity contribution >= 4 is 21.6 Å². The molecule has 1 aromatic rings. The van der Waals surface area contributed by atoms with Crippen LogP contribution in [-0.2, 0) is 0 Å². The van der Waals surface area contributed by atoms with Gasteiger partial charge in [-0.25, -0.2) is 4.39 Å². The lowest BCUT2D eigenvalue weighted by molar-refractivity contribution is 0.331. The second-order valence-electron chi connectivity index (χ2n) is 5.99. The third-order valence-electron chi connectivity index (χ3n) is 4.38. The van der Waals surface area contributed by atoms with E-state index in [1.165, 1.54) is 12.8 Å². The average molecular weight is 327 g/mol. The highest BCUT2D eigenvalue weighted by atomic mass is 79.9. The van der Waals surface area contributed by atoms with Crippen LogP contribution in [0.25, 0.3) is 0 Å². The normalized spacial score (nSPS) is 28.3. The third kappa shape index (κ3) is 2.79. The molecule has 0 amide bonds. The summed E-state index contributed by atoms with van der Waals surface area (Å²) >= 11 is 3.44. The van der Waals surface area contributed by atoms with Gasteiger partial charge in [-0.2, -0.15) is 0 Å².